The van der Waals surface area contributed by atoms with Crippen molar-refractivity contribution in [1.82, 2.24) is 15.4 Å². The van der Waals surface area contributed by atoms with Gasteiger partial charge in [0.25, 0.3) is 0 Å². The van der Waals surface area contributed by atoms with Crippen molar-refractivity contribution in [1.29, 1.82) is 0 Å². The molecule has 0 aliphatic rings. The van der Waals surface area contributed by atoms with E-state index in [9.17, 15) is 12.8 Å². The Morgan fingerprint density at radius 3 is 2.32 bits per heavy atom. The normalized spacial score (nSPS) is 11.6. The molecular formula is C19H26FIN4O2S. The Morgan fingerprint density at radius 1 is 1.00 bits per heavy atom. The van der Waals surface area contributed by atoms with E-state index in [1.165, 1.54) is 12.1 Å². The van der Waals surface area contributed by atoms with E-state index in [0.717, 1.165) is 11.1 Å². The molecule has 0 radical (unpaired) electrons. The molecule has 6 nitrogen and oxygen atoms in total. The Bertz CT molecular complexity index is 831. The SMILES string of the molecule is CCNC(=NCc1ccc(F)cc1)NCCS(=O)(=O)NCc1ccccc1.I. The largest absolute Gasteiger partial charge is 0.357 e. The van der Waals surface area contributed by atoms with Crippen molar-refractivity contribution in [2.45, 2.75) is 20.0 Å². The number of hydrogen-bond donors (Lipinski definition) is 3. The van der Waals surface area contributed by atoms with Gasteiger partial charge in [0.05, 0.1) is 12.3 Å². The van der Waals surface area contributed by atoms with E-state index >= 15 is 0 Å². The summed E-state index contributed by atoms with van der Waals surface area (Å²) in [7, 11) is -3.40. The Morgan fingerprint density at radius 2 is 1.68 bits per heavy atom. The van der Waals surface area contributed by atoms with Crippen LogP contribution in [0.1, 0.15) is 18.1 Å². The Balaban J connectivity index is 0.00000392. The minimum Gasteiger partial charge on any atom is -0.357 e. The monoisotopic (exact) mass is 520 g/mol. The van der Waals surface area contributed by atoms with Gasteiger partial charge in [-0.15, -0.1) is 24.0 Å². The summed E-state index contributed by atoms with van der Waals surface area (Å²) in [6.07, 6.45) is 0. The maximum absolute atomic E-state index is 12.9. The molecule has 2 aromatic carbocycles. The molecule has 9 heteroatoms. The number of hydrogen-bond acceptors (Lipinski definition) is 3. The Kier molecular flexibility index (Phi) is 11.0. The Labute approximate surface area is 183 Å². The number of halogens is 2. The summed E-state index contributed by atoms with van der Waals surface area (Å²) in [6.45, 7) is 3.43. The van der Waals surface area contributed by atoms with E-state index in [2.05, 4.69) is 20.3 Å². The average Bonchev–Trinajstić information content (AvgIpc) is 2.66. The van der Waals surface area contributed by atoms with E-state index in [4.69, 9.17) is 0 Å². The first-order chi connectivity index (χ1) is 13.0. The molecule has 0 amide bonds. The van der Waals surface area contributed by atoms with E-state index < -0.39 is 10.0 Å². The first kappa shape index (κ1) is 24.3. The molecule has 2 aromatic rings. The van der Waals surface area contributed by atoms with Gasteiger partial charge in [0, 0.05) is 19.6 Å². The maximum Gasteiger partial charge on any atom is 0.213 e. The number of benzene rings is 2. The summed E-state index contributed by atoms with van der Waals surface area (Å²) in [4.78, 5) is 4.38. The zero-order chi connectivity index (χ0) is 19.5. The van der Waals surface area contributed by atoms with Crippen LogP contribution in [0.3, 0.4) is 0 Å². The lowest BCUT2D eigenvalue weighted by molar-refractivity contribution is 0.580. The van der Waals surface area contributed by atoms with Crippen LogP contribution < -0.4 is 15.4 Å². The third-order valence-electron chi connectivity index (χ3n) is 3.68. The lowest BCUT2D eigenvalue weighted by Crippen LogP contribution is -2.41. The number of guanidine groups is 1. The summed E-state index contributed by atoms with van der Waals surface area (Å²) < 4.78 is 39.7. The minimum absolute atomic E-state index is 0. The van der Waals surface area contributed by atoms with E-state index in [1.807, 2.05) is 37.3 Å². The summed E-state index contributed by atoms with van der Waals surface area (Å²) in [6, 6.07) is 15.5. The van der Waals surface area contributed by atoms with E-state index in [0.29, 0.717) is 19.0 Å². The minimum atomic E-state index is -3.40. The highest BCUT2D eigenvalue weighted by atomic mass is 127. The molecule has 0 bridgehead atoms. The zero-order valence-electron chi connectivity index (χ0n) is 15.7. The van der Waals surface area contributed by atoms with Gasteiger partial charge in [-0.05, 0) is 30.2 Å². The first-order valence-corrected chi connectivity index (χ1v) is 10.4. The van der Waals surface area contributed by atoms with Crippen LogP contribution in [0, 0.1) is 5.82 Å². The van der Waals surface area contributed by atoms with Gasteiger partial charge in [0.2, 0.25) is 10.0 Å². The number of rotatable bonds is 9. The molecule has 3 N–H and O–H groups in total. The summed E-state index contributed by atoms with van der Waals surface area (Å²) in [5, 5.41) is 6.06. The summed E-state index contributed by atoms with van der Waals surface area (Å²) >= 11 is 0. The van der Waals surface area contributed by atoms with Crippen molar-refractivity contribution in [3.8, 4) is 0 Å². The number of nitrogens with one attached hydrogen (secondary N) is 3. The third kappa shape index (κ3) is 9.47. The van der Waals surface area contributed by atoms with Crippen LogP contribution in [0.25, 0.3) is 0 Å². The highest BCUT2D eigenvalue weighted by molar-refractivity contribution is 14.0. The van der Waals surface area contributed by atoms with Crippen LogP contribution in [0.15, 0.2) is 59.6 Å². The van der Waals surface area contributed by atoms with Gasteiger partial charge in [-0.25, -0.2) is 22.5 Å². The number of aliphatic imine (C=N–C) groups is 1. The van der Waals surface area contributed by atoms with Crippen LogP contribution in [0.2, 0.25) is 0 Å². The fourth-order valence-electron chi connectivity index (χ4n) is 2.27. The van der Waals surface area contributed by atoms with E-state index in [1.54, 1.807) is 12.1 Å². The molecule has 0 heterocycles. The first-order valence-electron chi connectivity index (χ1n) is 8.76. The van der Waals surface area contributed by atoms with Crippen molar-refractivity contribution in [3.05, 3.63) is 71.5 Å². The highest BCUT2D eigenvalue weighted by Crippen LogP contribution is 2.04. The van der Waals surface area contributed by atoms with Crippen molar-refractivity contribution in [2.24, 2.45) is 4.99 Å². The van der Waals surface area contributed by atoms with Gasteiger partial charge >= 0.3 is 0 Å². The van der Waals surface area contributed by atoms with Gasteiger partial charge in [-0.2, -0.15) is 0 Å². The van der Waals surface area contributed by atoms with Gasteiger partial charge in [-0.3, -0.25) is 0 Å². The summed E-state index contributed by atoms with van der Waals surface area (Å²) in [5.41, 5.74) is 1.77. The molecular weight excluding hydrogens is 494 g/mol. The predicted molar refractivity (Wildman–Crippen MR) is 122 cm³/mol. The smallest absolute Gasteiger partial charge is 0.213 e. The summed E-state index contributed by atoms with van der Waals surface area (Å²) in [5.74, 6) is 0.155. The molecule has 2 rings (SSSR count). The van der Waals surface area contributed by atoms with Crippen LogP contribution in [0.4, 0.5) is 4.39 Å². The van der Waals surface area contributed by atoms with Gasteiger partial charge in [0.1, 0.15) is 5.82 Å². The topological polar surface area (TPSA) is 82.6 Å². The van der Waals surface area contributed by atoms with Crippen LogP contribution >= 0.6 is 24.0 Å². The average molecular weight is 520 g/mol. The van der Waals surface area contributed by atoms with Gasteiger partial charge in [-0.1, -0.05) is 42.5 Å². The molecule has 0 atom stereocenters. The van der Waals surface area contributed by atoms with Crippen molar-refractivity contribution in [2.75, 3.05) is 18.8 Å². The van der Waals surface area contributed by atoms with Crippen LogP contribution in [-0.2, 0) is 23.1 Å². The molecule has 0 saturated carbocycles. The quantitative estimate of drug-likeness (QED) is 0.270. The van der Waals surface area contributed by atoms with Crippen molar-refractivity contribution < 1.29 is 12.8 Å². The molecule has 0 fully saturated rings. The lowest BCUT2D eigenvalue weighted by atomic mass is 10.2. The molecule has 0 unspecified atom stereocenters. The second kappa shape index (κ2) is 12.7. The molecule has 0 aliphatic heterocycles. The molecule has 0 spiro atoms. The third-order valence-corrected chi connectivity index (χ3v) is 5.01. The van der Waals surface area contributed by atoms with Gasteiger partial charge < -0.3 is 10.6 Å². The van der Waals surface area contributed by atoms with Crippen LogP contribution in [-0.4, -0.2) is 33.2 Å². The lowest BCUT2D eigenvalue weighted by Gasteiger charge is -2.12. The number of sulfonamides is 1. The highest BCUT2D eigenvalue weighted by Gasteiger charge is 2.10. The standard InChI is InChI=1S/C19H25FN4O2S.HI/c1-2-21-19(23-14-17-8-10-18(20)11-9-17)22-12-13-27(25,26)24-15-16-6-4-3-5-7-16;/h3-11,24H,2,12-15H2,1H3,(H2,21,22,23);1H. The Hall–Kier alpha value is -1.72. The predicted octanol–water partition coefficient (Wildman–Crippen LogP) is 2.62. The fraction of sp³-hybridized carbons (Fsp3) is 0.316. The van der Waals surface area contributed by atoms with Crippen LogP contribution in [0.5, 0.6) is 0 Å². The maximum atomic E-state index is 12.9. The van der Waals surface area contributed by atoms with Gasteiger partial charge in [0.15, 0.2) is 5.96 Å². The molecule has 0 aromatic heterocycles. The molecule has 0 saturated heterocycles. The van der Waals surface area contributed by atoms with Crippen molar-refractivity contribution >= 4 is 40.0 Å². The van der Waals surface area contributed by atoms with Crippen molar-refractivity contribution in [3.63, 3.8) is 0 Å². The molecule has 0 aliphatic carbocycles. The molecule has 28 heavy (non-hydrogen) atoms. The number of nitrogens with zero attached hydrogens (tertiary/aromatic N) is 1. The fourth-order valence-corrected chi connectivity index (χ4v) is 3.17. The second-order valence-electron chi connectivity index (χ2n) is 5.87. The second-order valence-corrected chi connectivity index (χ2v) is 7.80. The zero-order valence-corrected chi connectivity index (χ0v) is 18.8. The van der Waals surface area contributed by atoms with E-state index in [-0.39, 0.29) is 48.6 Å². The molecule has 154 valence electrons.